The van der Waals surface area contributed by atoms with Gasteiger partial charge in [0.15, 0.2) is 5.13 Å². The summed E-state index contributed by atoms with van der Waals surface area (Å²) in [5.41, 5.74) is 0.656. The average Bonchev–Trinajstić information content (AvgIpc) is 3.20. The summed E-state index contributed by atoms with van der Waals surface area (Å²) in [5, 5.41) is 35.0. The van der Waals surface area contributed by atoms with E-state index >= 15 is 0 Å². The molecule has 1 aromatic carbocycles. The third kappa shape index (κ3) is 4.17. The second-order valence-electron chi connectivity index (χ2n) is 10.2. The number of nitrogens with one attached hydrogen (secondary N) is 1. The Labute approximate surface area is 204 Å². The number of phenolic OH excluding ortho intramolecular Hbond substituents is 1. The lowest BCUT2D eigenvalue weighted by atomic mass is 9.47. The van der Waals surface area contributed by atoms with Gasteiger partial charge in [0.05, 0.1) is 24.9 Å². The van der Waals surface area contributed by atoms with E-state index in [9.17, 15) is 20.1 Å². The molecule has 1 amide bonds. The Bertz CT molecular complexity index is 1110. The summed E-state index contributed by atoms with van der Waals surface area (Å²) in [5.74, 6) is 2.48. The number of phenols is 1. The average molecular weight is 484 g/mol. The molecule has 5 atom stereocenters. The molecular weight excluding hydrogens is 450 g/mol. The predicted molar refractivity (Wildman–Crippen MR) is 133 cm³/mol. The third-order valence-corrected chi connectivity index (χ3v) is 9.13. The zero-order chi connectivity index (χ0) is 24.7. The normalized spacial score (nSPS) is 30.1. The highest BCUT2D eigenvalue weighted by molar-refractivity contribution is 7.15. The lowest BCUT2D eigenvalue weighted by Gasteiger charge is -2.58. The molecule has 2 aromatic rings. The Kier molecular flexibility index (Phi) is 6.65. The van der Waals surface area contributed by atoms with Gasteiger partial charge >= 0.3 is 0 Å². The first kappa shape index (κ1) is 24.5. The van der Waals surface area contributed by atoms with Crippen LogP contribution in [0.15, 0.2) is 24.3 Å². The summed E-state index contributed by atoms with van der Waals surface area (Å²) in [7, 11) is 1.71. The Morgan fingerprint density at radius 2 is 2.18 bits per heavy atom. The number of nitrogens with zero attached hydrogens (tertiary/aromatic N) is 2. The van der Waals surface area contributed by atoms with Gasteiger partial charge in [0.1, 0.15) is 5.75 Å². The first-order chi connectivity index (χ1) is 16.1. The Hall–Kier alpha value is -2.60. The van der Waals surface area contributed by atoms with Gasteiger partial charge in [0.25, 0.3) is 0 Å². The van der Waals surface area contributed by atoms with Gasteiger partial charge in [-0.25, -0.2) is 4.98 Å². The van der Waals surface area contributed by atoms with E-state index in [1.807, 2.05) is 13.0 Å². The number of carbonyl (C=O) groups excluding carboxylic acids is 1. The molecule has 0 bridgehead atoms. The molecule has 34 heavy (non-hydrogen) atoms. The number of anilines is 2. The van der Waals surface area contributed by atoms with Crippen LogP contribution in [0, 0.1) is 29.1 Å². The number of aliphatic hydroxyl groups is 2. The molecule has 4 rings (SSSR count). The number of terminal acetylenes is 1. The van der Waals surface area contributed by atoms with Crippen molar-refractivity contribution in [1.29, 1.82) is 0 Å². The second-order valence-corrected chi connectivity index (χ2v) is 11.3. The SMILES string of the molecule is C#CCN(C)C(=O)C[C@@H]1c2nc(Nc3cccc(O)c3)sc2C[C@@H]2[C@](C)(CO)[C@H](O)CC[C@]21C. The number of aromatic nitrogens is 1. The van der Waals surface area contributed by atoms with Gasteiger partial charge in [0.2, 0.25) is 5.91 Å². The van der Waals surface area contributed by atoms with Crippen LogP contribution in [0.5, 0.6) is 5.75 Å². The highest BCUT2D eigenvalue weighted by Crippen LogP contribution is 2.63. The van der Waals surface area contributed by atoms with E-state index in [1.54, 1.807) is 30.1 Å². The largest absolute Gasteiger partial charge is 0.508 e. The summed E-state index contributed by atoms with van der Waals surface area (Å²) in [6.45, 7) is 4.27. The van der Waals surface area contributed by atoms with Crippen molar-refractivity contribution in [3.63, 3.8) is 0 Å². The Morgan fingerprint density at radius 3 is 2.85 bits per heavy atom. The second kappa shape index (κ2) is 9.21. The van der Waals surface area contributed by atoms with Crippen LogP contribution in [-0.4, -0.2) is 57.4 Å². The molecule has 1 aromatic heterocycles. The number of hydrogen-bond donors (Lipinski definition) is 4. The van der Waals surface area contributed by atoms with E-state index in [1.165, 1.54) is 11.3 Å². The molecule has 0 saturated heterocycles. The summed E-state index contributed by atoms with van der Waals surface area (Å²) < 4.78 is 0. The van der Waals surface area contributed by atoms with E-state index < -0.39 is 11.5 Å². The molecule has 0 unspecified atom stereocenters. The molecule has 0 aliphatic heterocycles. The van der Waals surface area contributed by atoms with Gasteiger partial charge in [-0.3, -0.25) is 4.79 Å². The van der Waals surface area contributed by atoms with Gasteiger partial charge in [-0.05, 0) is 42.7 Å². The van der Waals surface area contributed by atoms with Crippen LogP contribution in [0.1, 0.15) is 49.6 Å². The highest BCUT2D eigenvalue weighted by Gasteiger charge is 2.59. The number of aromatic hydroxyl groups is 1. The summed E-state index contributed by atoms with van der Waals surface area (Å²) >= 11 is 1.53. The van der Waals surface area contributed by atoms with Gasteiger partial charge in [-0.15, -0.1) is 17.8 Å². The first-order valence-electron chi connectivity index (χ1n) is 11.6. The summed E-state index contributed by atoms with van der Waals surface area (Å²) in [6.07, 6.45) is 7.10. The van der Waals surface area contributed by atoms with Crippen LogP contribution in [0.4, 0.5) is 10.8 Å². The molecule has 1 heterocycles. The van der Waals surface area contributed by atoms with Crippen LogP contribution in [0.2, 0.25) is 0 Å². The maximum absolute atomic E-state index is 13.1. The molecule has 7 nitrogen and oxygen atoms in total. The number of benzene rings is 1. The van der Waals surface area contributed by atoms with Gasteiger partial charge < -0.3 is 25.5 Å². The molecule has 4 N–H and O–H groups in total. The van der Waals surface area contributed by atoms with Crippen molar-refractivity contribution in [3.8, 4) is 18.1 Å². The number of thiazole rings is 1. The monoisotopic (exact) mass is 483 g/mol. The van der Waals surface area contributed by atoms with Gasteiger partial charge in [0, 0.05) is 41.4 Å². The number of aliphatic hydroxyl groups excluding tert-OH is 2. The number of fused-ring (bicyclic) bond motifs is 2. The number of amides is 1. The van der Waals surface area contributed by atoms with E-state index in [2.05, 4.69) is 18.2 Å². The third-order valence-electron chi connectivity index (χ3n) is 8.12. The minimum atomic E-state index is -0.667. The van der Waals surface area contributed by atoms with Crippen molar-refractivity contribution in [2.75, 3.05) is 25.5 Å². The first-order valence-corrected chi connectivity index (χ1v) is 12.5. The summed E-state index contributed by atoms with van der Waals surface area (Å²) in [4.78, 5) is 20.7. The Morgan fingerprint density at radius 1 is 1.41 bits per heavy atom. The highest BCUT2D eigenvalue weighted by atomic mass is 32.1. The van der Waals surface area contributed by atoms with Gasteiger partial charge in [-0.1, -0.05) is 25.8 Å². The van der Waals surface area contributed by atoms with Crippen molar-refractivity contribution in [1.82, 2.24) is 9.88 Å². The number of carbonyl (C=O) groups is 1. The molecule has 8 heteroatoms. The van der Waals surface area contributed by atoms with Crippen molar-refractivity contribution in [2.45, 2.75) is 51.6 Å². The zero-order valence-electron chi connectivity index (χ0n) is 19.9. The molecule has 1 fully saturated rings. The van der Waals surface area contributed by atoms with Crippen LogP contribution in [0.25, 0.3) is 0 Å². The predicted octanol–water partition coefficient (Wildman–Crippen LogP) is 3.49. The topological polar surface area (TPSA) is 106 Å². The van der Waals surface area contributed by atoms with Crippen LogP contribution < -0.4 is 5.32 Å². The van der Waals surface area contributed by atoms with Crippen LogP contribution >= 0.6 is 11.3 Å². The van der Waals surface area contributed by atoms with E-state index in [0.717, 1.165) is 22.7 Å². The van der Waals surface area contributed by atoms with Crippen molar-refractivity contribution < 1.29 is 20.1 Å². The molecule has 2 aliphatic rings. The fourth-order valence-corrected chi connectivity index (χ4v) is 7.05. The standard InChI is InChI=1S/C26H33N3O4S/c1-5-11-29(4)22(33)13-18-23-19(34-24(28-23)27-16-7-6-8-17(31)12-16)14-20-25(18,2)10-9-21(32)26(20,3)15-30/h1,6-8,12,18,20-21,30-32H,9-11,13-15H2,2-4H3,(H,27,28)/t18-,20+,21-,25+,26+/m1/s1. The fraction of sp³-hybridized carbons (Fsp3) is 0.538. The van der Waals surface area contributed by atoms with E-state index in [4.69, 9.17) is 11.4 Å². The maximum atomic E-state index is 13.1. The molecule has 2 aliphatic carbocycles. The molecule has 0 spiro atoms. The van der Waals surface area contributed by atoms with E-state index in [0.29, 0.717) is 18.0 Å². The fourth-order valence-electron chi connectivity index (χ4n) is 5.96. The van der Waals surface area contributed by atoms with Crippen LogP contribution in [-0.2, 0) is 11.2 Å². The minimum Gasteiger partial charge on any atom is -0.508 e. The number of rotatable bonds is 6. The van der Waals surface area contributed by atoms with Crippen LogP contribution in [0.3, 0.4) is 0 Å². The zero-order valence-corrected chi connectivity index (χ0v) is 20.7. The lowest BCUT2D eigenvalue weighted by molar-refractivity contribution is -0.146. The van der Waals surface area contributed by atoms with Crippen molar-refractivity contribution >= 4 is 28.1 Å². The molecule has 1 saturated carbocycles. The molecule has 0 radical (unpaired) electrons. The van der Waals surface area contributed by atoms with Crippen molar-refractivity contribution in [2.24, 2.45) is 16.7 Å². The quantitative estimate of drug-likeness (QED) is 0.469. The maximum Gasteiger partial charge on any atom is 0.223 e. The molecular formula is C26H33N3O4S. The van der Waals surface area contributed by atoms with Crippen molar-refractivity contribution in [3.05, 3.63) is 34.8 Å². The smallest absolute Gasteiger partial charge is 0.223 e. The minimum absolute atomic E-state index is 0.00828. The molecule has 182 valence electrons. The lowest BCUT2D eigenvalue weighted by Crippen LogP contribution is -2.57. The van der Waals surface area contributed by atoms with E-state index in [-0.39, 0.29) is 48.5 Å². The van der Waals surface area contributed by atoms with Gasteiger partial charge in [-0.2, -0.15) is 0 Å². The summed E-state index contributed by atoms with van der Waals surface area (Å²) in [6, 6.07) is 6.86. The Balaban J connectivity index is 1.75. The number of hydrogen-bond acceptors (Lipinski definition) is 7.